The molecule has 1 aromatic carbocycles. The van der Waals surface area contributed by atoms with Crippen LogP contribution in [0, 0.1) is 12.8 Å². The first-order valence-corrected chi connectivity index (χ1v) is 10.1. The zero-order valence-corrected chi connectivity index (χ0v) is 16.3. The van der Waals surface area contributed by atoms with Gasteiger partial charge in [0.15, 0.2) is 5.78 Å². The van der Waals surface area contributed by atoms with Crippen LogP contribution >= 0.6 is 11.3 Å². The number of carbonyl (C=O) groups excluding carboxylic acids is 3. The molecule has 140 valence electrons. The van der Waals surface area contributed by atoms with E-state index in [1.807, 2.05) is 31.2 Å². The van der Waals surface area contributed by atoms with Gasteiger partial charge in [0, 0.05) is 29.8 Å². The summed E-state index contributed by atoms with van der Waals surface area (Å²) in [5.41, 5.74) is 3.18. The Morgan fingerprint density at radius 1 is 1.19 bits per heavy atom. The molecular weight excluding hydrogens is 360 g/mol. The van der Waals surface area contributed by atoms with Crippen LogP contribution in [0.5, 0.6) is 0 Å². The fraction of sp³-hybridized carbons (Fsp3) is 0.381. The number of anilines is 1. The standard InChI is InChI=1S/C21H22N2O3S/c1-12-5-3-4-6-15(12)19(25)18-16-9-10-23(13(2)24)11-17(16)27-21(18)22-20(26)14-7-8-14/h3-6,14H,7-11H2,1-2H3,(H,22,26). The predicted molar refractivity (Wildman–Crippen MR) is 105 cm³/mol. The molecule has 0 spiro atoms. The molecule has 27 heavy (non-hydrogen) atoms. The average molecular weight is 382 g/mol. The summed E-state index contributed by atoms with van der Waals surface area (Å²) in [5, 5.41) is 3.63. The number of nitrogens with zero attached hydrogens (tertiary/aromatic N) is 1. The van der Waals surface area contributed by atoms with E-state index in [0.717, 1.165) is 28.8 Å². The number of aryl methyl sites for hydroxylation is 1. The molecule has 1 aliphatic heterocycles. The van der Waals surface area contributed by atoms with E-state index < -0.39 is 0 Å². The first-order valence-electron chi connectivity index (χ1n) is 9.27. The molecule has 1 aromatic heterocycles. The van der Waals surface area contributed by atoms with Crippen molar-refractivity contribution >= 4 is 33.9 Å². The molecule has 2 aromatic rings. The fourth-order valence-corrected chi connectivity index (χ4v) is 4.79. The van der Waals surface area contributed by atoms with Crippen LogP contribution in [0.15, 0.2) is 24.3 Å². The summed E-state index contributed by atoms with van der Waals surface area (Å²) in [7, 11) is 0. The third kappa shape index (κ3) is 3.41. The number of ketones is 1. The van der Waals surface area contributed by atoms with Crippen LogP contribution < -0.4 is 5.32 Å². The van der Waals surface area contributed by atoms with E-state index in [9.17, 15) is 14.4 Å². The first kappa shape index (κ1) is 17.9. The molecule has 0 atom stereocenters. The van der Waals surface area contributed by atoms with Gasteiger partial charge in [0.1, 0.15) is 5.00 Å². The van der Waals surface area contributed by atoms with Crippen molar-refractivity contribution in [1.82, 2.24) is 4.90 Å². The number of thiophene rings is 1. The molecule has 0 bridgehead atoms. The number of carbonyl (C=O) groups is 3. The topological polar surface area (TPSA) is 66.5 Å². The van der Waals surface area contributed by atoms with Gasteiger partial charge in [-0.15, -0.1) is 11.3 Å². The van der Waals surface area contributed by atoms with Crippen LogP contribution in [-0.2, 0) is 22.6 Å². The highest BCUT2D eigenvalue weighted by molar-refractivity contribution is 7.17. The van der Waals surface area contributed by atoms with Crippen molar-refractivity contribution in [2.75, 3.05) is 11.9 Å². The Balaban J connectivity index is 1.76. The third-order valence-corrected chi connectivity index (χ3v) is 6.44. The Morgan fingerprint density at radius 2 is 1.93 bits per heavy atom. The quantitative estimate of drug-likeness (QED) is 0.823. The number of hydrogen-bond donors (Lipinski definition) is 1. The van der Waals surface area contributed by atoms with Gasteiger partial charge in [-0.2, -0.15) is 0 Å². The second-order valence-electron chi connectivity index (χ2n) is 7.31. The lowest BCUT2D eigenvalue weighted by molar-refractivity contribution is -0.129. The van der Waals surface area contributed by atoms with Gasteiger partial charge in [-0.05, 0) is 37.3 Å². The SMILES string of the molecule is CC(=O)N1CCc2c(sc(NC(=O)C3CC3)c2C(=O)c2ccccc2C)C1. The van der Waals surface area contributed by atoms with Crippen LogP contribution in [0.2, 0.25) is 0 Å². The maximum atomic E-state index is 13.4. The number of rotatable bonds is 4. The molecule has 1 fully saturated rings. The van der Waals surface area contributed by atoms with Gasteiger partial charge in [-0.3, -0.25) is 14.4 Å². The van der Waals surface area contributed by atoms with Crippen molar-refractivity contribution in [3.8, 4) is 0 Å². The number of nitrogens with one attached hydrogen (secondary N) is 1. The summed E-state index contributed by atoms with van der Waals surface area (Å²) in [6, 6.07) is 7.53. The van der Waals surface area contributed by atoms with Gasteiger partial charge < -0.3 is 10.2 Å². The molecule has 0 saturated heterocycles. The molecule has 2 aliphatic rings. The molecule has 1 saturated carbocycles. The first-order chi connectivity index (χ1) is 13.0. The van der Waals surface area contributed by atoms with Crippen molar-refractivity contribution in [2.45, 2.75) is 39.7 Å². The normalized spacial score (nSPS) is 16.0. The molecule has 0 unspecified atom stereocenters. The van der Waals surface area contributed by atoms with Gasteiger partial charge in [0.05, 0.1) is 12.1 Å². The molecule has 5 nitrogen and oxygen atoms in total. The molecule has 0 radical (unpaired) electrons. The maximum absolute atomic E-state index is 13.4. The molecule has 2 heterocycles. The van der Waals surface area contributed by atoms with Gasteiger partial charge in [-0.25, -0.2) is 0 Å². The molecular formula is C21H22N2O3S. The van der Waals surface area contributed by atoms with E-state index in [1.54, 1.807) is 11.8 Å². The van der Waals surface area contributed by atoms with Crippen molar-refractivity contribution in [1.29, 1.82) is 0 Å². The second-order valence-corrected chi connectivity index (χ2v) is 8.41. The number of hydrogen-bond acceptors (Lipinski definition) is 4. The summed E-state index contributed by atoms with van der Waals surface area (Å²) < 4.78 is 0. The lowest BCUT2D eigenvalue weighted by Gasteiger charge is -2.26. The second kappa shape index (κ2) is 6.93. The van der Waals surface area contributed by atoms with Crippen LogP contribution in [0.4, 0.5) is 5.00 Å². The van der Waals surface area contributed by atoms with E-state index in [1.165, 1.54) is 11.3 Å². The van der Waals surface area contributed by atoms with E-state index >= 15 is 0 Å². The minimum absolute atomic E-state index is 0.00384. The average Bonchev–Trinajstić information content (AvgIpc) is 3.43. The van der Waals surface area contributed by atoms with E-state index in [-0.39, 0.29) is 23.5 Å². The van der Waals surface area contributed by atoms with Crippen molar-refractivity contribution in [3.05, 3.63) is 51.4 Å². The maximum Gasteiger partial charge on any atom is 0.228 e. The Hall–Kier alpha value is -2.47. The Kier molecular flexibility index (Phi) is 4.60. The monoisotopic (exact) mass is 382 g/mol. The summed E-state index contributed by atoms with van der Waals surface area (Å²) >= 11 is 1.44. The van der Waals surface area contributed by atoms with Gasteiger partial charge in [0.2, 0.25) is 11.8 Å². The summed E-state index contributed by atoms with van der Waals surface area (Å²) in [5.74, 6) is 0.0486. The summed E-state index contributed by atoms with van der Waals surface area (Å²) in [6.45, 7) is 4.59. The smallest absolute Gasteiger partial charge is 0.228 e. The molecule has 2 amide bonds. The minimum atomic E-state index is -0.0482. The predicted octanol–water partition coefficient (Wildman–Crippen LogP) is 3.54. The molecule has 4 rings (SSSR count). The highest BCUT2D eigenvalue weighted by atomic mass is 32.1. The van der Waals surface area contributed by atoms with E-state index in [0.29, 0.717) is 35.6 Å². The van der Waals surface area contributed by atoms with Crippen LogP contribution in [0.1, 0.15) is 51.7 Å². The van der Waals surface area contributed by atoms with E-state index in [2.05, 4.69) is 5.32 Å². The van der Waals surface area contributed by atoms with Crippen molar-refractivity contribution in [2.24, 2.45) is 5.92 Å². The van der Waals surface area contributed by atoms with Gasteiger partial charge >= 0.3 is 0 Å². The summed E-state index contributed by atoms with van der Waals surface area (Å²) in [4.78, 5) is 40.3. The minimum Gasteiger partial charge on any atom is -0.337 e. The lowest BCUT2D eigenvalue weighted by atomic mass is 9.94. The van der Waals surface area contributed by atoms with E-state index in [4.69, 9.17) is 0 Å². The molecule has 1 aliphatic carbocycles. The lowest BCUT2D eigenvalue weighted by Crippen LogP contribution is -2.33. The van der Waals surface area contributed by atoms with Gasteiger partial charge in [0.25, 0.3) is 0 Å². The fourth-order valence-electron chi connectivity index (χ4n) is 3.52. The number of benzene rings is 1. The molecule has 6 heteroatoms. The third-order valence-electron chi connectivity index (χ3n) is 5.30. The number of amides is 2. The van der Waals surface area contributed by atoms with Crippen molar-refractivity contribution < 1.29 is 14.4 Å². The largest absolute Gasteiger partial charge is 0.337 e. The highest BCUT2D eigenvalue weighted by Gasteiger charge is 2.34. The zero-order chi connectivity index (χ0) is 19.1. The highest BCUT2D eigenvalue weighted by Crippen LogP contribution is 2.40. The summed E-state index contributed by atoms with van der Waals surface area (Å²) in [6.07, 6.45) is 2.46. The molecule has 1 N–H and O–H groups in total. The zero-order valence-electron chi connectivity index (χ0n) is 15.5. The Labute approximate surface area is 162 Å². The van der Waals surface area contributed by atoms with Crippen molar-refractivity contribution in [3.63, 3.8) is 0 Å². The van der Waals surface area contributed by atoms with Gasteiger partial charge in [-0.1, -0.05) is 24.3 Å². The Bertz CT molecular complexity index is 943. The number of fused-ring (bicyclic) bond motifs is 1. The Morgan fingerprint density at radius 3 is 2.59 bits per heavy atom. The van der Waals surface area contributed by atoms with Crippen LogP contribution in [0.25, 0.3) is 0 Å². The van der Waals surface area contributed by atoms with Crippen LogP contribution in [0.3, 0.4) is 0 Å². The van der Waals surface area contributed by atoms with Crippen LogP contribution in [-0.4, -0.2) is 29.0 Å².